The summed E-state index contributed by atoms with van der Waals surface area (Å²) in [7, 11) is -8.73. The minimum atomic E-state index is -4.36. The van der Waals surface area contributed by atoms with Crippen LogP contribution in [0.15, 0.2) is 58.3 Å². The van der Waals surface area contributed by atoms with Crippen LogP contribution in [0.4, 0.5) is 0 Å². The van der Waals surface area contributed by atoms with E-state index in [0.717, 1.165) is 25.7 Å². The first-order chi connectivity index (χ1) is 38.1. The van der Waals surface area contributed by atoms with Gasteiger partial charge in [0.05, 0.1) is 9.79 Å². The van der Waals surface area contributed by atoms with Gasteiger partial charge in [-0.25, -0.2) is 16.8 Å². The Hall–Kier alpha value is -0.974. The smallest absolute Gasteiger partial charge is 0.744 e. The summed E-state index contributed by atoms with van der Waals surface area (Å²) in [6, 6.07) is 13.3. The number of benzene rings is 2. The minimum absolute atomic E-state index is 0. The first-order valence-electron chi connectivity index (χ1n) is 34.2. The first kappa shape index (κ1) is 78.0. The van der Waals surface area contributed by atoms with Crippen molar-refractivity contribution in [3.63, 3.8) is 0 Å². The fraction of sp³-hybridized carbons (Fsp3) is 0.829. The fourth-order valence-electron chi connectivity index (χ4n) is 11.5. The quantitative estimate of drug-likeness (QED) is 0.0370. The Morgan fingerprint density at radius 2 is 0.380 bits per heavy atom. The Kier molecular flexibility index (Phi) is 58.1. The van der Waals surface area contributed by atoms with Crippen LogP contribution in [0.3, 0.4) is 0 Å². The maximum atomic E-state index is 11.4. The third-order valence-electron chi connectivity index (χ3n) is 16.6. The zero-order valence-electron chi connectivity index (χ0n) is 52.2. The maximum Gasteiger partial charge on any atom is 2.00 e. The Bertz CT molecular complexity index is 1660. The number of unbranched alkanes of at least 4 members (excludes halogenated alkanes) is 52. The number of aryl methyl sites for hydroxylation is 2. The van der Waals surface area contributed by atoms with Crippen molar-refractivity contribution in [2.75, 3.05) is 0 Å². The largest absolute Gasteiger partial charge is 2.00 e. The molecule has 0 unspecified atom stereocenters. The number of hydrogen-bond acceptors (Lipinski definition) is 6. The molecule has 0 heterocycles. The molecule has 0 fully saturated rings. The molecule has 0 aliphatic heterocycles. The second kappa shape index (κ2) is 58.8. The van der Waals surface area contributed by atoms with Gasteiger partial charge in [0.1, 0.15) is 20.2 Å². The third-order valence-corrected chi connectivity index (χ3v) is 18.5. The molecule has 0 atom stereocenters. The molecule has 9 heteroatoms. The molecule has 0 spiro atoms. The summed E-state index contributed by atoms with van der Waals surface area (Å²) >= 11 is 0. The molecule has 2 aromatic rings. The summed E-state index contributed by atoms with van der Waals surface area (Å²) in [5.74, 6) is 0. The molecular weight excluding hydrogens is 1030 g/mol. The van der Waals surface area contributed by atoms with Crippen LogP contribution in [0.1, 0.15) is 372 Å². The predicted octanol–water partition coefficient (Wildman–Crippen LogP) is 23.0. The Morgan fingerprint density at radius 3 is 0.532 bits per heavy atom. The summed E-state index contributed by atoms with van der Waals surface area (Å²) in [5.41, 5.74) is 1.35. The van der Waals surface area contributed by atoms with E-state index < -0.39 is 20.2 Å². The zero-order chi connectivity index (χ0) is 56.6. The van der Waals surface area contributed by atoms with Gasteiger partial charge in [-0.1, -0.05) is 384 Å². The zero-order valence-corrected chi connectivity index (χ0v) is 55.2. The Balaban J connectivity index is 0.00000152. The van der Waals surface area contributed by atoms with Gasteiger partial charge in [-0.3, -0.25) is 0 Å². The standard InChI is InChI=1S/2C35H64O3S.Mg/c2*1-2-3-4-5-6-7-8-9-10-11-12-13-14-15-16-17-18-19-20-21-22-23-24-25-26-27-28-31-34-32-29-30-33-35(34)39(36,37)38;/h2*29-30,32-33H,2-28,31H2,1H3,(H,36,37,38);/q;;+2/p-2. The molecule has 0 radical (unpaired) electrons. The number of hydrogen-bond donors (Lipinski definition) is 0. The van der Waals surface area contributed by atoms with Crippen LogP contribution in [0.2, 0.25) is 0 Å². The first-order valence-corrected chi connectivity index (χ1v) is 37.0. The van der Waals surface area contributed by atoms with Gasteiger partial charge in [-0.05, 0) is 48.9 Å². The van der Waals surface area contributed by atoms with Crippen molar-refractivity contribution in [2.45, 2.75) is 383 Å². The molecule has 0 amide bonds. The van der Waals surface area contributed by atoms with Crippen molar-refractivity contribution < 1.29 is 25.9 Å². The maximum absolute atomic E-state index is 11.4. The normalized spacial score (nSPS) is 11.7. The monoisotopic (exact) mass is 1150 g/mol. The second-order valence-electron chi connectivity index (χ2n) is 24.0. The molecule has 2 aromatic carbocycles. The molecule has 6 nitrogen and oxygen atoms in total. The molecule has 0 saturated heterocycles. The van der Waals surface area contributed by atoms with Gasteiger partial charge in [0.15, 0.2) is 0 Å². The van der Waals surface area contributed by atoms with E-state index in [9.17, 15) is 25.9 Å². The van der Waals surface area contributed by atoms with E-state index in [1.54, 1.807) is 24.3 Å². The molecule has 0 aliphatic rings. The number of rotatable bonds is 58. The van der Waals surface area contributed by atoms with Crippen LogP contribution in [-0.2, 0) is 33.1 Å². The molecular formula is C70H126MgO6S2. The van der Waals surface area contributed by atoms with Crippen LogP contribution in [0, 0.1) is 0 Å². The second-order valence-corrected chi connectivity index (χ2v) is 26.7. The van der Waals surface area contributed by atoms with Gasteiger partial charge in [0, 0.05) is 0 Å². The molecule has 456 valence electrons. The molecule has 0 saturated carbocycles. The molecule has 0 bridgehead atoms. The Labute approximate surface area is 508 Å². The van der Waals surface area contributed by atoms with E-state index in [-0.39, 0.29) is 32.8 Å². The average Bonchev–Trinajstić information content (AvgIpc) is 3.44. The summed E-state index contributed by atoms with van der Waals surface area (Å²) in [6.07, 6.45) is 76.0. The van der Waals surface area contributed by atoms with Crippen LogP contribution < -0.4 is 0 Å². The van der Waals surface area contributed by atoms with E-state index in [1.165, 1.54) is 333 Å². The van der Waals surface area contributed by atoms with E-state index in [1.807, 2.05) is 12.1 Å². The molecule has 0 aromatic heterocycles. The Morgan fingerprint density at radius 1 is 0.241 bits per heavy atom. The topological polar surface area (TPSA) is 114 Å². The van der Waals surface area contributed by atoms with Gasteiger partial charge >= 0.3 is 23.1 Å². The van der Waals surface area contributed by atoms with Gasteiger partial charge in [0.25, 0.3) is 0 Å². The van der Waals surface area contributed by atoms with Crippen molar-refractivity contribution in [1.29, 1.82) is 0 Å². The van der Waals surface area contributed by atoms with Crippen molar-refractivity contribution >= 4 is 43.3 Å². The predicted molar refractivity (Wildman–Crippen MR) is 343 cm³/mol. The summed E-state index contributed by atoms with van der Waals surface area (Å²) < 4.78 is 68.1. The SMILES string of the molecule is CCCCCCCCCCCCCCCCCCCCCCCCCCCCCc1ccccc1S(=O)(=O)[O-].CCCCCCCCCCCCCCCCCCCCCCCCCCCCCc1ccccc1S(=O)(=O)[O-].[Mg+2]. The van der Waals surface area contributed by atoms with E-state index in [2.05, 4.69) is 13.8 Å². The third kappa shape index (κ3) is 52.3. The van der Waals surface area contributed by atoms with Gasteiger partial charge in [0.2, 0.25) is 0 Å². The molecule has 2 rings (SSSR count). The molecule has 0 aliphatic carbocycles. The van der Waals surface area contributed by atoms with Crippen molar-refractivity contribution in [2.24, 2.45) is 0 Å². The van der Waals surface area contributed by atoms with E-state index in [4.69, 9.17) is 0 Å². The van der Waals surface area contributed by atoms with Gasteiger partial charge < -0.3 is 9.11 Å². The van der Waals surface area contributed by atoms with Gasteiger partial charge in [-0.2, -0.15) is 0 Å². The summed E-state index contributed by atoms with van der Waals surface area (Å²) in [5, 5.41) is 0. The van der Waals surface area contributed by atoms with E-state index in [0.29, 0.717) is 24.0 Å². The van der Waals surface area contributed by atoms with Crippen LogP contribution in [0.5, 0.6) is 0 Å². The molecule has 0 N–H and O–H groups in total. The summed E-state index contributed by atoms with van der Waals surface area (Å²) in [4.78, 5) is -0.0837. The van der Waals surface area contributed by atoms with Crippen molar-refractivity contribution in [3.05, 3.63) is 59.7 Å². The van der Waals surface area contributed by atoms with Crippen molar-refractivity contribution in [3.8, 4) is 0 Å². The van der Waals surface area contributed by atoms with Crippen LogP contribution in [-0.4, -0.2) is 49.0 Å². The van der Waals surface area contributed by atoms with E-state index >= 15 is 0 Å². The van der Waals surface area contributed by atoms with Crippen LogP contribution in [0.25, 0.3) is 0 Å². The fourth-order valence-corrected chi connectivity index (χ4v) is 13.0. The van der Waals surface area contributed by atoms with Crippen LogP contribution >= 0.6 is 0 Å². The summed E-state index contributed by atoms with van der Waals surface area (Å²) in [6.45, 7) is 4.59. The molecule has 79 heavy (non-hydrogen) atoms. The average molecular weight is 1150 g/mol. The van der Waals surface area contributed by atoms with Gasteiger partial charge in [-0.15, -0.1) is 0 Å². The van der Waals surface area contributed by atoms with Crippen molar-refractivity contribution in [1.82, 2.24) is 0 Å². The minimum Gasteiger partial charge on any atom is -0.744 e.